The number of carboxylic acid groups (broad SMARTS) is 1. The Morgan fingerprint density at radius 3 is 1.80 bits per heavy atom. The molecule has 4 saturated carbocycles. The third-order valence-corrected chi connectivity index (χ3v) is 22.1. The number of carboxylic acids is 1. The summed E-state index contributed by atoms with van der Waals surface area (Å²) in [5, 5.41) is 154. The van der Waals surface area contributed by atoms with Gasteiger partial charge in [-0.25, -0.2) is 9.59 Å². The number of hydrogen-bond acceptors (Lipinski definition) is 24. The molecule has 29 atom stereocenters. The van der Waals surface area contributed by atoms with Gasteiger partial charge in [-0.1, -0.05) is 66.2 Å². The first-order valence-corrected chi connectivity index (χ1v) is 29.4. The summed E-state index contributed by atoms with van der Waals surface area (Å²) in [7, 11) is 0. The molecule has 9 aliphatic rings. The number of allylic oxidation sites excluding steroid dienone is 3. The third-order valence-electron chi connectivity index (χ3n) is 22.1. The van der Waals surface area contributed by atoms with Crippen LogP contribution in [0, 0.1) is 50.2 Å². The molecule has 4 aliphatic heterocycles. The van der Waals surface area contributed by atoms with Crippen LogP contribution >= 0.6 is 0 Å². The van der Waals surface area contributed by atoms with E-state index in [0.717, 1.165) is 6.42 Å². The highest BCUT2D eigenvalue weighted by atomic mass is 16.8. The highest BCUT2D eigenvalue weighted by Gasteiger charge is 2.72. The first-order chi connectivity index (χ1) is 38.8. The molecular formula is C58H92O25. The number of aliphatic hydroxyl groups excluding tert-OH is 13. The van der Waals surface area contributed by atoms with E-state index < -0.39 is 183 Å². The van der Waals surface area contributed by atoms with Crippen molar-refractivity contribution in [2.45, 2.75) is 249 Å². The molecule has 25 nitrogen and oxygen atoms in total. The molecule has 0 spiro atoms. The van der Waals surface area contributed by atoms with Gasteiger partial charge in [0.2, 0.25) is 0 Å². The Bertz CT molecular complexity index is 2380. The van der Waals surface area contributed by atoms with E-state index in [-0.39, 0.29) is 40.6 Å². The number of ether oxygens (including phenoxy) is 9. The zero-order valence-electron chi connectivity index (χ0n) is 48.8. The average Bonchev–Trinajstić information content (AvgIpc) is 0.747. The SMILES string of the molecule is C/C=C(\C)C(=O)O[C@H]1CC(C)(C)C[C@H]2C3=CC[C@@H]4[C@@]5(C)CC[C@H](O[C@@H]6O[C@H](C(=O)O)[C@@H](O)[C@H](O[C@@H]7OCC(O)C(O)[C@H]7O[C@H]7O[C@H](CO)[C@@H](O)[C@@H](O)C7O)[C@H]6O[C@@H]6O[C@H](CO)[C@H](O)[C@H](O)[C@H]6O)C(C)(C)[C@@H]5CC[C@@]4(C)[C@]3(C)C[C@@H](O)[C@@]12CO. The fourth-order valence-corrected chi connectivity index (χ4v) is 17.1. The van der Waals surface area contributed by atoms with Crippen molar-refractivity contribution in [1.82, 2.24) is 0 Å². The summed E-state index contributed by atoms with van der Waals surface area (Å²) in [6, 6.07) is 0. The highest BCUT2D eigenvalue weighted by Crippen LogP contribution is 2.76. The van der Waals surface area contributed by atoms with Crippen molar-refractivity contribution in [3.05, 3.63) is 23.3 Å². The Morgan fingerprint density at radius 2 is 1.23 bits per heavy atom. The molecule has 0 aromatic carbocycles. The van der Waals surface area contributed by atoms with Gasteiger partial charge in [0.05, 0.1) is 44.1 Å². The van der Waals surface area contributed by atoms with Crippen LogP contribution in [0.25, 0.3) is 0 Å². The Kier molecular flexibility index (Phi) is 18.7. The molecule has 5 aliphatic carbocycles. The summed E-state index contributed by atoms with van der Waals surface area (Å²) in [4.78, 5) is 26.6. The standard InChI is InChI=1S/C58H92O25/c1-10-24(2)48(74)78-34-19-53(3,4)17-26-25-11-12-31-55(7)15-14-33(54(5,6)30(55)13-16-56(31,8)57(25,9)18-32(63)58(26,34)23-61)79-52-46(83-50-41(70)39(68)37(66)29(21-60)77-50)43(42(71)44(81-52)47(72)73)80-51-45(35(64)27(62)22-75-51)82-49-40(69)38(67)36(65)28(20-59)76-49/h10-11,26-46,49-52,59-71H,12-23H2,1-9H3,(H,72,73)/b24-10+/t26-,27?,28+,29+,30-,31+,32+,33-,34-,35?,36+,37-,38+,39-,40?,41+,42-,43-,44-,45+,46+,49+,50-,51-,52+,55-,56+,57+,58-/m0/s1. The maximum atomic E-state index is 13.4. The number of aliphatic carboxylic acids is 1. The van der Waals surface area contributed by atoms with Gasteiger partial charge < -0.3 is 114 Å². The molecule has 3 unspecified atom stereocenters. The van der Waals surface area contributed by atoms with Crippen LogP contribution in [0.5, 0.6) is 0 Å². The minimum absolute atomic E-state index is 0.0548. The van der Waals surface area contributed by atoms with Gasteiger partial charge in [0.15, 0.2) is 31.3 Å². The largest absolute Gasteiger partial charge is 0.479 e. The van der Waals surface area contributed by atoms with Crippen molar-refractivity contribution < 1.29 is 124 Å². The lowest BCUT2D eigenvalue weighted by molar-refractivity contribution is -0.401. The van der Waals surface area contributed by atoms with Gasteiger partial charge in [0.1, 0.15) is 91.6 Å². The average molecular weight is 1190 g/mol. The Hall–Kier alpha value is -2.42. The van der Waals surface area contributed by atoms with Gasteiger partial charge in [-0.05, 0) is 110 Å². The predicted octanol–water partition coefficient (Wildman–Crippen LogP) is -1.37. The van der Waals surface area contributed by atoms with E-state index in [9.17, 15) is 81.1 Å². The molecule has 83 heavy (non-hydrogen) atoms. The van der Waals surface area contributed by atoms with Crippen molar-refractivity contribution in [3.8, 4) is 0 Å². The molecular weight excluding hydrogens is 1100 g/mol. The number of rotatable bonds is 14. The number of fused-ring (bicyclic) bond motifs is 7. The number of carbonyl (C=O) groups is 2. The van der Waals surface area contributed by atoms with E-state index in [1.165, 1.54) is 5.57 Å². The lowest BCUT2D eigenvalue weighted by atomic mass is 9.33. The maximum Gasteiger partial charge on any atom is 0.335 e. The van der Waals surface area contributed by atoms with Gasteiger partial charge >= 0.3 is 11.9 Å². The molecule has 0 aromatic rings. The van der Waals surface area contributed by atoms with E-state index >= 15 is 0 Å². The third kappa shape index (κ3) is 10.8. The lowest BCUT2D eigenvalue weighted by Crippen LogP contribution is -2.70. The summed E-state index contributed by atoms with van der Waals surface area (Å²) in [5.41, 5.74) is -1.89. The number of aliphatic hydroxyl groups is 13. The predicted molar refractivity (Wildman–Crippen MR) is 283 cm³/mol. The van der Waals surface area contributed by atoms with E-state index in [0.29, 0.717) is 50.5 Å². The van der Waals surface area contributed by atoms with Gasteiger partial charge in [-0.15, -0.1) is 0 Å². The first kappa shape index (κ1) is 65.0. The smallest absolute Gasteiger partial charge is 0.335 e. The minimum Gasteiger partial charge on any atom is -0.479 e. The highest BCUT2D eigenvalue weighted by molar-refractivity contribution is 5.87. The van der Waals surface area contributed by atoms with Crippen molar-refractivity contribution >= 4 is 11.9 Å². The van der Waals surface area contributed by atoms with Crippen LogP contribution in [0.4, 0.5) is 0 Å². The summed E-state index contributed by atoms with van der Waals surface area (Å²) >= 11 is 0. The summed E-state index contributed by atoms with van der Waals surface area (Å²) in [5.74, 6) is -2.49. The molecule has 9 rings (SSSR count). The van der Waals surface area contributed by atoms with E-state index in [1.807, 2.05) is 13.8 Å². The van der Waals surface area contributed by atoms with Crippen LogP contribution in [-0.4, -0.2) is 245 Å². The normalized spacial score (nSPS) is 51.5. The summed E-state index contributed by atoms with van der Waals surface area (Å²) in [6.45, 7) is 15.9. The van der Waals surface area contributed by atoms with Crippen LogP contribution < -0.4 is 0 Å². The minimum atomic E-state index is -2.23. The van der Waals surface area contributed by atoms with Gasteiger partial charge in [0, 0.05) is 5.57 Å². The fraction of sp³-hybridized carbons (Fsp3) is 0.897. The van der Waals surface area contributed by atoms with E-state index in [1.54, 1.807) is 19.9 Å². The van der Waals surface area contributed by atoms with Crippen molar-refractivity contribution in [2.75, 3.05) is 26.4 Å². The first-order valence-electron chi connectivity index (χ1n) is 29.4. The van der Waals surface area contributed by atoms with Crippen LogP contribution in [0.2, 0.25) is 0 Å². The van der Waals surface area contributed by atoms with Crippen LogP contribution in [0.15, 0.2) is 23.3 Å². The molecule has 8 fully saturated rings. The fourth-order valence-electron chi connectivity index (χ4n) is 17.1. The molecule has 0 amide bonds. The summed E-state index contributed by atoms with van der Waals surface area (Å²) < 4.78 is 55.0. The maximum absolute atomic E-state index is 13.4. The van der Waals surface area contributed by atoms with Crippen molar-refractivity contribution in [2.24, 2.45) is 50.2 Å². The second kappa shape index (κ2) is 23.8. The second-order valence-electron chi connectivity index (χ2n) is 27.5. The Labute approximate surface area is 483 Å². The molecule has 0 bridgehead atoms. The van der Waals surface area contributed by atoms with Crippen LogP contribution in [-0.2, 0) is 52.2 Å². The van der Waals surface area contributed by atoms with E-state index in [2.05, 4.69) is 40.7 Å². The Morgan fingerprint density at radius 1 is 0.639 bits per heavy atom. The van der Waals surface area contributed by atoms with Crippen molar-refractivity contribution in [1.29, 1.82) is 0 Å². The molecule has 0 radical (unpaired) electrons. The molecule has 14 N–H and O–H groups in total. The lowest BCUT2D eigenvalue weighted by Gasteiger charge is -2.72. The van der Waals surface area contributed by atoms with E-state index in [4.69, 9.17) is 42.6 Å². The molecule has 4 heterocycles. The Balaban J connectivity index is 1.03. The molecule has 474 valence electrons. The van der Waals surface area contributed by atoms with Gasteiger partial charge in [-0.3, -0.25) is 0 Å². The molecule has 25 heteroatoms. The zero-order valence-corrected chi connectivity index (χ0v) is 48.8. The number of hydrogen-bond donors (Lipinski definition) is 14. The topological polar surface area (TPSA) is 400 Å². The van der Waals surface area contributed by atoms with Gasteiger partial charge in [-0.2, -0.15) is 0 Å². The molecule has 0 aromatic heterocycles. The quantitative estimate of drug-likeness (QED) is 0.0413. The monoisotopic (exact) mass is 1190 g/mol. The van der Waals surface area contributed by atoms with Crippen molar-refractivity contribution in [3.63, 3.8) is 0 Å². The number of esters is 1. The van der Waals surface area contributed by atoms with Crippen LogP contribution in [0.1, 0.15) is 114 Å². The number of carbonyl (C=O) groups excluding carboxylic acids is 1. The van der Waals surface area contributed by atoms with Gasteiger partial charge in [0.25, 0.3) is 0 Å². The second-order valence-corrected chi connectivity index (χ2v) is 27.5. The zero-order chi connectivity index (χ0) is 61.0. The van der Waals surface area contributed by atoms with Crippen LogP contribution in [0.3, 0.4) is 0 Å². The summed E-state index contributed by atoms with van der Waals surface area (Å²) in [6.07, 6.45) is -30.1. The molecule has 4 saturated heterocycles.